The van der Waals surface area contributed by atoms with Gasteiger partial charge < -0.3 is 15.0 Å². The van der Waals surface area contributed by atoms with Crippen molar-refractivity contribution in [3.8, 4) is 5.75 Å². The maximum absolute atomic E-state index is 13.0. The number of likely N-dealkylation sites (tertiary alicyclic amines) is 1. The van der Waals surface area contributed by atoms with Gasteiger partial charge in [-0.1, -0.05) is 38.1 Å². The number of hydrogen-bond donors (Lipinski definition) is 1. The van der Waals surface area contributed by atoms with Crippen molar-refractivity contribution in [1.29, 1.82) is 0 Å². The molecule has 6 heteroatoms. The fraction of sp³-hybridized carbons (Fsp3) is 0.391. The average molecular weight is 398 g/mol. The summed E-state index contributed by atoms with van der Waals surface area (Å²) in [6.07, 6.45) is 0.402. The minimum absolute atomic E-state index is 0.0510. The highest BCUT2D eigenvalue weighted by molar-refractivity contribution is 5.79. The first-order valence-corrected chi connectivity index (χ1v) is 9.92. The van der Waals surface area contributed by atoms with Gasteiger partial charge in [-0.05, 0) is 41.3 Å². The van der Waals surface area contributed by atoms with Crippen LogP contribution < -0.4 is 10.1 Å². The second kappa shape index (κ2) is 9.54. The fourth-order valence-electron chi connectivity index (χ4n) is 3.36. The van der Waals surface area contributed by atoms with Crippen molar-refractivity contribution in [1.82, 2.24) is 10.2 Å². The van der Waals surface area contributed by atoms with Gasteiger partial charge in [0, 0.05) is 32.0 Å². The first-order valence-electron chi connectivity index (χ1n) is 9.92. The van der Waals surface area contributed by atoms with Crippen LogP contribution in [-0.2, 0) is 16.1 Å². The predicted molar refractivity (Wildman–Crippen MR) is 109 cm³/mol. The first kappa shape index (κ1) is 20.8. The van der Waals surface area contributed by atoms with Crippen molar-refractivity contribution >= 4 is 11.8 Å². The van der Waals surface area contributed by atoms with E-state index in [1.165, 1.54) is 17.7 Å². The summed E-state index contributed by atoms with van der Waals surface area (Å²) < 4.78 is 18.5. The van der Waals surface area contributed by atoms with Gasteiger partial charge in [0.05, 0.1) is 0 Å². The fourth-order valence-corrected chi connectivity index (χ4v) is 3.36. The van der Waals surface area contributed by atoms with Crippen molar-refractivity contribution in [2.75, 3.05) is 19.7 Å². The van der Waals surface area contributed by atoms with Gasteiger partial charge in [0.25, 0.3) is 5.91 Å². The Morgan fingerprint density at radius 3 is 2.52 bits per heavy atom. The normalized spacial score (nSPS) is 16.3. The summed E-state index contributed by atoms with van der Waals surface area (Å²) >= 11 is 0. The standard InChI is InChI=1S/C23H27FN2O3/c1-16(2)19-5-9-21(10-6-19)29-15-22(27)25-12-18-11-23(28)26(14-18)13-17-3-7-20(24)8-4-17/h3-10,16,18H,11-15H2,1-2H3,(H,25,27). The van der Waals surface area contributed by atoms with Crippen LogP contribution >= 0.6 is 0 Å². The van der Waals surface area contributed by atoms with Crippen LogP contribution in [0.1, 0.15) is 37.3 Å². The van der Waals surface area contributed by atoms with Crippen LogP contribution in [0.3, 0.4) is 0 Å². The molecule has 1 fully saturated rings. The van der Waals surface area contributed by atoms with Gasteiger partial charge >= 0.3 is 0 Å². The Bertz CT molecular complexity index is 834. The number of ether oxygens (including phenoxy) is 1. The van der Waals surface area contributed by atoms with Gasteiger partial charge in [-0.25, -0.2) is 4.39 Å². The van der Waals surface area contributed by atoms with E-state index in [2.05, 4.69) is 19.2 Å². The van der Waals surface area contributed by atoms with Gasteiger partial charge in [-0.2, -0.15) is 0 Å². The third-order valence-electron chi connectivity index (χ3n) is 5.09. The molecule has 154 valence electrons. The number of nitrogens with zero attached hydrogens (tertiary/aromatic N) is 1. The lowest BCUT2D eigenvalue weighted by atomic mass is 10.0. The van der Waals surface area contributed by atoms with Crippen LogP contribution in [0.4, 0.5) is 4.39 Å². The van der Waals surface area contributed by atoms with Crippen molar-refractivity contribution < 1.29 is 18.7 Å². The quantitative estimate of drug-likeness (QED) is 0.741. The third kappa shape index (κ3) is 6.04. The number of nitrogens with one attached hydrogen (secondary N) is 1. The Hall–Kier alpha value is -2.89. The van der Waals surface area contributed by atoms with Gasteiger partial charge in [0.2, 0.25) is 5.91 Å². The number of halogens is 1. The summed E-state index contributed by atoms with van der Waals surface area (Å²) in [5.41, 5.74) is 2.11. The molecule has 5 nitrogen and oxygen atoms in total. The summed E-state index contributed by atoms with van der Waals surface area (Å²) in [6.45, 7) is 5.66. The third-order valence-corrected chi connectivity index (χ3v) is 5.09. The monoisotopic (exact) mass is 398 g/mol. The zero-order chi connectivity index (χ0) is 20.8. The van der Waals surface area contributed by atoms with Crippen LogP contribution in [0, 0.1) is 11.7 Å². The minimum Gasteiger partial charge on any atom is -0.484 e. The summed E-state index contributed by atoms with van der Waals surface area (Å²) in [7, 11) is 0. The Morgan fingerprint density at radius 1 is 1.17 bits per heavy atom. The Balaban J connectivity index is 1.40. The number of carbonyl (C=O) groups is 2. The molecular formula is C23H27FN2O3. The number of benzene rings is 2. The molecule has 0 bridgehead atoms. The zero-order valence-electron chi connectivity index (χ0n) is 16.9. The van der Waals surface area contributed by atoms with E-state index in [-0.39, 0.29) is 30.2 Å². The van der Waals surface area contributed by atoms with E-state index < -0.39 is 0 Å². The molecule has 0 spiro atoms. The van der Waals surface area contributed by atoms with E-state index in [0.717, 1.165) is 5.56 Å². The summed E-state index contributed by atoms with van der Waals surface area (Å²) in [5.74, 6) is 0.727. The lowest BCUT2D eigenvalue weighted by Gasteiger charge is -2.17. The van der Waals surface area contributed by atoms with Crippen LogP contribution in [0.2, 0.25) is 0 Å². The maximum atomic E-state index is 13.0. The van der Waals surface area contributed by atoms with Gasteiger partial charge in [0.15, 0.2) is 6.61 Å². The highest BCUT2D eigenvalue weighted by atomic mass is 19.1. The molecule has 3 rings (SSSR count). The average Bonchev–Trinajstić information content (AvgIpc) is 3.06. The molecule has 0 aliphatic carbocycles. The van der Waals surface area contributed by atoms with Gasteiger partial charge in [0.1, 0.15) is 11.6 Å². The summed E-state index contributed by atoms with van der Waals surface area (Å²) in [6, 6.07) is 13.9. The molecule has 2 amide bonds. The molecule has 0 saturated carbocycles. The zero-order valence-corrected chi connectivity index (χ0v) is 16.9. The van der Waals surface area contributed by atoms with Gasteiger partial charge in [-0.15, -0.1) is 0 Å². The second-order valence-corrected chi connectivity index (χ2v) is 7.79. The topological polar surface area (TPSA) is 58.6 Å². The predicted octanol–water partition coefficient (Wildman–Crippen LogP) is 3.49. The highest BCUT2D eigenvalue weighted by Crippen LogP contribution is 2.20. The van der Waals surface area contributed by atoms with E-state index in [0.29, 0.717) is 37.7 Å². The number of carbonyl (C=O) groups excluding carboxylic acids is 2. The van der Waals surface area contributed by atoms with Crippen LogP contribution in [-0.4, -0.2) is 36.4 Å². The smallest absolute Gasteiger partial charge is 0.257 e. The second-order valence-electron chi connectivity index (χ2n) is 7.79. The van der Waals surface area contributed by atoms with Gasteiger partial charge in [-0.3, -0.25) is 9.59 Å². The molecular weight excluding hydrogens is 371 g/mol. The van der Waals surface area contributed by atoms with Crippen molar-refractivity contribution in [3.05, 3.63) is 65.5 Å². The molecule has 29 heavy (non-hydrogen) atoms. The number of rotatable bonds is 8. The van der Waals surface area contributed by atoms with E-state index in [9.17, 15) is 14.0 Å². The SMILES string of the molecule is CC(C)c1ccc(OCC(=O)NCC2CC(=O)N(Cc3ccc(F)cc3)C2)cc1. The Labute approximate surface area is 170 Å². The van der Waals surface area contributed by atoms with Crippen LogP contribution in [0.5, 0.6) is 5.75 Å². The largest absolute Gasteiger partial charge is 0.484 e. The summed E-state index contributed by atoms with van der Waals surface area (Å²) in [5, 5.41) is 2.84. The first-order chi connectivity index (χ1) is 13.9. The molecule has 1 unspecified atom stereocenters. The summed E-state index contributed by atoms with van der Waals surface area (Å²) in [4.78, 5) is 26.0. The number of hydrogen-bond acceptors (Lipinski definition) is 3. The highest BCUT2D eigenvalue weighted by Gasteiger charge is 2.29. The molecule has 0 aromatic heterocycles. The Kier molecular flexibility index (Phi) is 6.86. The molecule has 0 radical (unpaired) electrons. The molecule has 2 aromatic rings. The van der Waals surface area contributed by atoms with E-state index >= 15 is 0 Å². The van der Waals surface area contributed by atoms with E-state index in [4.69, 9.17) is 4.74 Å². The van der Waals surface area contributed by atoms with Crippen molar-refractivity contribution in [3.63, 3.8) is 0 Å². The van der Waals surface area contributed by atoms with Crippen LogP contribution in [0.15, 0.2) is 48.5 Å². The molecule has 1 saturated heterocycles. The van der Waals surface area contributed by atoms with Crippen LogP contribution in [0.25, 0.3) is 0 Å². The molecule has 1 aliphatic heterocycles. The van der Waals surface area contributed by atoms with Crippen molar-refractivity contribution in [2.45, 2.75) is 32.7 Å². The Morgan fingerprint density at radius 2 is 1.86 bits per heavy atom. The maximum Gasteiger partial charge on any atom is 0.257 e. The van der Waals surface area contributed by atoms with E-state index in [1.807, 2.05) is 24.3 Å². The molecule has 2 aromatic carbocycles. The minimum atomic E-state index is -0.292. The molecule has 1 N–H and O–H groups in total. The van der Waals surface area contributed by atoms with Crippen molar-refractivity contribution in [2.24, 2.45) is 5.92 Å². The molecule has 1 heterocycles. The number of amides is 2. The molecule has 1 atom stereocenters. The lowest BCUT2D eigenvalue weighted by Crippen LogP contribution is -2.34. The van der Waals surface area contributed by atoms with E-state index in [1.54, 1.807) is 17.0 Å². The lowest BCUT2D eigenvalue weighted by molar-refractivity contribution is -0.128. The molecule has 1 aliphatic rings.